The maximum atomic E-state index is 13.5. The number of rotatable bonds is 8. The van der Waals surface area contributed by atoms with Crippen molar-refractivity contribution in [3.8, 4) is 5.75 Å². The van der Waals surface area contributed by atoms with Gasteiger partial charge in [0, 0.05) is 48.0 Å². The highest BCUT2D eigenvalue weighted by atomic mass is 16.6. The molecule has 3 fully saturated rings. The van der Waals surface area contributed by atoms with Gasteiger partial charge in [-0.15, -0.1) is 6.58 Å². The van der Waals surface area contributed by atoms with Crippen molar-refractivity contribution in [2.75, 3.05) is 26.7 Å². The van der Waals surface area contributed by atoms with Crippen LogP contribution in [0.1, 0.15) is 34.9 Å². The summed E-state index contributed by atoms with van der Waals surface area (Å²) in [5, 5.41) is 23.7. The Labute approximate surface area is 209 Å². The van der Waals surface area contributed by atoms with Crippen molar-refractivity contribution in [3.63, 3.8) is 0 Å². The number of methoxy groups -OCH3 is 1. The summed E-state index contributed by atoms with van der Waals surface area (Å²) in [5.74, 6) is 1.31. The molecule has 2 bridgehead atoms. The number of nitro benzene ring substituents is 1. The highest BCUT2D eigenvalue weighted by molar-refractivity contribution is 5.97. The fourth-order valence-electron chi connectivity index (χ4n) is 6.27. The molecule has 6 rings (SSSR count). The minimum atomic E-state index is -0.791. The summed E-state index contributed by atoms with van der Waals surface area (Å²) in [5.41, 5.74) is 1.97. The van der Waals surface area contributed by atoms with Crippen LogP contribution >= 0.6 is 0 Å². The van der Waals surface area contributed by atoms with Crippen LogP contribution < -0.4 is 4.74 Å². The van der Waals surface area contributed by atoms with Gasteiger partial charge >= 0.3 is 0 Å². The van der Waals surface area contributed by atoms with E-state index in [2.05, 4.69) is 11.6 Å². The van der Waals surface area contributed by atoms with Gasteiger partial charge in [-0.3, -0.25) is 19.9 Å². The number of nitrogens with zero attached hydrogens (tertiary/aromatic N) is 3. The number of fused-ring (bicyclic) bond motifs is 4. The molecule has 1 N–H and O–H groups in total. The van der Waals surface area contributed by atoms with E-state index < -0.39 is 11.0 Å². The standard InChI is InChI=1S/C28H30N3O5/c1-3-18-16-31(17-27(32)19-4-6-21(7-5-19)30(34)35)13-11-20(18)14-26(31)28(33)23-10-12-29-25-9-8-22(36-2)15-24(23)25/h3-10,12,15,18,20,26,28,33H,1,11,13-14,16-17H2,2H3/q+1/t18?,20?,26?,28-,31?/m1/s1. The van der Waals surface area contributed by atoms with Crippen LogP contribution in [0.3, 0.4) is 0 Å². The Hall–Kier alpha value is -3.62. The van der Waals surface area contributed by atoms with E-state index in [-0.39, 0.29) is 30.0 Å². The molecule has 1 aromatic heterocycles. The number of hydrogen-bond donors (Lipinski definition) is 1. The Morgan fingerprint density at radius 1 is 1.31 bits per heavy atom. The second-order valence-corrected chi connectivity index (χ2v) is 9.99. The van der Waals surface area contributed by atoms with Crippen LogP contribution in [0.25, 0.3) is 10.9 Å². The first-order chi connectivity index (χ1) is 17.3. The van der Waals surface area contributed by atoms with Gasteiger partial charge in [0.25, 0.3) is 5.69 Å². The van der Waals surface area contributed by atoms with Crippen molar-refractivity contribution >= 4 is 22.4 Å². The van der Waals surface area contributed by atoms with Crippen molar-refractivity contribution in [2.45, 2.75) is 25.0 Å². The summed E-state index contributed by atoms with van der Waals surface area (Å²) < 4.78 is 5.88. The van der Waals surface area contributed by atoms with E-state index >= 15 is 0 Å². The number of benzene rings is 2. The molecule has 0 spiro atoms. The van der Waals surface area contributed by atoms with E-state index in [0.717, 1.165) is 42.4 Å². The average molecular weight is 489 g/mol. The molecule has 3 aromatic rings. The van der Waals surface area contributed by atoms with Crippen LogP contribution in [-0.2, 0) is 0 Å². The van der Waals surface area contributed by atoms with Crippen LogP contribution in [0, 0.1) is 22.0 Å². The Morgan fingerprint density at radius 2 is 2.08 bits per heavy atom. The molecule has 0 saturated carbocycles. The number of ether oxygens (including phenoxy) is 1. The minimum Gasteiger partial charge on any atom is -0.497 e. The van der Waals surface area contributed by atoms with Gasteiger partial charge in [0.2, 0.25) is 5.78 Å². The number of piperidine rings is 3. The minimum absolute atomic E-state index is 0.0441. The van der Waals surface area contributed by atoms with E-state index in [4.69, 9.17) is 4.74 Å². The summed E-state index contributed by atoms with van der Waals surface area (Å²) >= 11 is 0. The van der Waals surface area contributed by atoms with E-state index in [0.29, 0.717) is 21.7 Å². The van der Waals surface area contributed by atoms with Crippen molar-refractivity contribution in [1.82, 2.24) is 4.98 Å². The number of ketones is 1. The van der Waals surface area contributed by atoms with E-state index in [1.54, 1.807) is 13.3 Å². The lowest BCUT2D eigenvalue weighted by Crippen LogP contribution is -2.69. The monoisotopic (exact) mass is 488 g/mol. The SMILES string of the molecule is C=CC1C[N+]2(CC(=O)c3ccc([N+](=O)[O-])cc3)CCC1CC2[C@H](O)c1ccnc2ccc(OC)cc12. The highest BCUT2D eigenvalue weighted by Gasteiger charge is 2.54. The molecule has 5 atom stereocenters. The van der Waals surface area contributed by atoms with Gasteiger partial charge < -0.3 is 14.3 Å². The van der Waals surface area contributed by atoms with Crippen LogP contribution in [0.4, 0.5) is 5.69 Å². The second kappa shape index (κ2) is 9.44. The quantitative estimate of drug-likeness (QED) is 0.165. The molecule has 4 unspecified atom stereocenters. The van der Waals surface area contributed by atoms with Crippen LogP contribution in [0.15, 0.2) is 67.4 Å². The average Bonchev–Trinajstić information content (AvgIpc) is 2.91. The van der Waals surface area contributed by atoms with E-state index in [9.17, 15) is 20.0 Å². The third-order valence-corrected chi connectivity index (χ3v) is 8.20. The Balaban J connectivity index is 1.51. The fourth-order valence-corrected chi connectivity index (χ4v) is 6.27. The molecule has 0 amide bonds. The largest absolute Gasteiger partial charge is 0.497 e. The third kappa shape index (κ3) is 4.16. The summed E-state index contributed by atoms with van der Waals surface area (Å²) in [4.78, 5) is 28.5. The predicted octanol–water partition coefficient (Wildman–Crippen LogP) is 4.48. The first kappa shape index (κ1) is 24.1. The molecule has 3 saturated heterocycles. The number of nitro groups is 1. The van der Waals surface area contributed by atoms with Gasteiger partial charge in [0.05, 0.1) is 30.6 Å². The number of aromatic nitrogens is 1. The summed E-state index contributed by atoms with van der Waals surface area (Å²) in [6.07, 6.45) is 4.67. The second-order valence-electron chi connectivity index (χ2n) is 9.99. The Kier molecular flexibility index (Phi) is 6.32. The van der Waals surface area contributed by atoms with Crippen molar-refractivity contribution in [3.05, 3.63) is 88.6 Å². The summed E-state index contributed by atoms with van der Waals surface area (Å²) in [7, 11) is 1.61. The van der Waals surface area contributed by atoms with E-state index in [1.807, 2.05) is 30.3 Å². The molecular formula is C28H30N3O5+. The fraction of sp³-hybridized carbons (Fsp3) is 0.357. The molecular weight excluding hydrogens is 458 g/mol. The zero-order chi connectivity index (χ0) is 25.4. The molecule has 2 aromatic carbocycles. The predicted molar refractivity (Wildman–Crippen MR) is 136 cm³/mol. The first-order valence-corrected chi connectivity index (χ1v) is 12.2. The lowest BCUT2D eigenvalue weighted by molar-refractivity contribution is -0.966. The van der Waals surface area contributed by atoms with Gasteiger partial charge in [0.15, 0.2) is 0 Å². The van der Waals surface area contributed by atoms with Gasteiger partial charge in [-0.05, 0) is 47.9 Å². The van der Waals surface area contributed by atoms with Crippen molar-refractivity contribution in [2.24, 2.45) is 11.8 Å². The number of hydrogen-bond acceptors (Lipinski definition) is 6. The maximum Gasteiger partial charge on any atom is 0.269 e. The lowest BCUT2D eigenvalue weighted by atomic mass is 9.71. The number of pyridine rings is 1. The van der Waals surface area contributed by atoms with Crippen LogP contribution in [0.5, 0.6) is 5.75 Å². The number of carbonyl (C=O) groups is 1. The zero-order valence-corrected chi connectivity index (χ0v) is 20.2. The Morgan fingerprint density at radius 3 is 2.78 bits per heavy atom. The van der Waals surface area contributed by atoms with Gasteiger partial charge in [-0.2, -0.15) is 0 Å². The number of aliphatic hydroxyl groups excluding tert-OH is 1. The molecule has 4 heterocycles. The molecule has 0 radical (unpaired) electrons. The van der Waals surface area contributed by atoms with Crippen molar-refractivity contribution < 1.29 is 24.0 Å². The summed E-state index contributed by atoms with van der Waals surface area (Å²) in [6.45, 7) is 5.80. The van der Waals surface area contributed by atoms with Gasteiger partial charge in [-0.1, -0.05) is 6.08 Å². The van der Waals surface area contributed by atoms with Crippen LogP contribution in [-0.4, -0.2) is 58.1 Å². The Bertz CT molecular complexity index is 1320. The van der Waals surface area contributed by atoms with Gasteiger partial charge in [0.1, 0.15) is 24.4 Å². The smallest absolute Gasteiger partial charge is 0.269 e. The number of carbonyl (C=O) groups excluding carboxylic acids is 1. The normalized spacial score (nSPS) is 25.9. The molecule has 36 heavy (non-hydrogen) atoms. The molecule has 0 aliphatic carbocycles. The van der Waals surface area contributed by atoms with E-state index in [1.165, 1.54) is 24.3 Å². The molecule has 8 heteroatoms. The van der Waals surface area contributed by atoms with Crippen LogP contribution in [0.2, 0.25) is 0 Å². The third-order valence-electron chi connectivity index (χ3n) is 8.20. The molecule has 186 valence electrons. The number of non-ortho nitro benzene ring substituents is 1. The van der Waals surface area contributed by atoms with Crippen molar-refractivity contribution in [1.29, 1.82) is 0 Å². The summed E-state index contributed by atoms with van der Waals surface area (Å²) in [6, 6.07) is 13.1. The first-order valence-electron chi connectivity index (χ1n) is 12.2. The molecule has 8 nitrogen and oxygen atoms in total. The number of aliphatic hydroxyl groups is 1. The zero-order valence-electron chi connectivity index (χ0n) is 20.2. The highest BCUT2D eigenvalue weighted by Crippen LogP contribution is 2.47. The maximum absolute atomic E-state index is 13.5. The number of quaternary nitrogens is 1. The number of Topliss-reactive ketones (excluding diaryl/α,β-unsaturated/α-hetero) is 1. The molecule has 3 aliphatic heterocycles. The molecule has 3 aliphatic rings. The van der Waals surface area contributed by atoms with Gasteiger partial charge in [-0.25, -0.2) is 0 Å². The lowest BCUT2D eigenvalue weighted by Gasteiger charge is -2.57. The topological polar surface area (TPSA) is 103 Å².